The molecule has 1 amide bonds. The van der Waals surface area contributed by atoms with Crippen LogP contribution in [0.3, 0.4) is 0 Å². The number of nitrogens with zero attached hydrogens (tertiary/aromatic N) is 1. The first-order chi connectivity index (χ1) is 9.69. The summed E-state index contributed by atoms with van der Waals surface area (Å²) in [5, 5.41) is 0. The van der Waals surface area contributed by atoms with Gasteiger partial charge in [0.05, 0.1) is 0 Å². The Morgan fingerprint density at radius 1 is 1.05 bits per heavy atom. The first-order valence-corrected chi connectivity index (χ1v) is 7.49. The van der Waals surface area contributed by atoms with Crippen LogP contribution in [-0.4, -0.2) is 30.7 Å². The largest absolute Gasteiger partial charge is 0.342 e. The number of hydrogen-bond acceptors (Lipinski definition) is 2. The normalized spacial score (nSPS) is 10.3. The minimum absolute atomic E-state index is 0.0241. The van der Waals surface area contributed by atoms with E-state index in [-0.39, 0.29) is 5.91 Å². The zero-order valence-corrected chi connectivity index (χ0v) is 12.6. The van der Waals surface area contributed by atoms with E-state index in [9.17, 15) is 9.59 Å². The molecule has 0 aliphatic carbocycles. The van der Waals surface area contributed by atoms with Crippen molar-refractivity contribution in [3.8, 4) is 0 Å². The molecule has 1 aromatic rings. The van der Waals surface area contributed by atoms with E-state index in [2.05, 4.69) is 6.92 Å². The van der Waals surface area contributed by atoms with Gasteiger partial charge in [-0.05, 0) is 18.6 Å². The number of hydrogen-bond donors (Lipinski definition) is 0. The molecule has 110 valence electrons. The van der Waals surface area contributed by atoms with Gasteiger partial charge in [-0.2, -0.15) is 0 Å². The first-order valence-electron chi connectivity index (χ1n) is 7.49. The van der Waals surface area contributed by atoms with Gasteiger partial charge >= 0.3 is 0 Å². The molecular weight excluding hydrogens is 250 g/mol. The van der Waals surface area contributed by atoms with E-state index in [1.807, 2.05) is 7.05 Å². The minimum Gasteiger partial charge on any atom is -0.342 e. The smallest absolute Gasteiger partial charge is 0.253 e. The van der Waals surface area contributed by atoms with Gasteiger partial charge < -0.3 is 4.90 Å². The molecule has 0 unspecified atom stereocenters. The van der Waals surface area contributed by atoms with Gasteiger partial charge in [0.25, 0.3) is 5.91 Å². The highest BCUT2D eigenvalue weighted by molar-refractivity contribution is 5.94. The van der Waals surface area contributed by atoms with E-state index in [0.29, 0.717) is 11.1 Å². The highest BCUT2D eigenvalue weighted by atomic mass is 16.2. The van der Waals surface area contributed by atoms with Crippen LogP contribution in [0.4, 0.5) is 0 Å². The predicted octanol–water partition coefficient (Wildman–Crippen LogP) is 3.93. The summed E-state index contributed by atoms with van der Waals surface area (Å²) in [7, 11) is 1.84. The number of aldehydes is 1. The van der Waals surface area contributed by atoms with Crippen LogP contribution in [0.5, 0.6) is 0 Å². The number of benzene rings is 1. The Balaban J connectivity index is 2.32. The van der Waals surface area contributed by atoms with Gasteiger partial charge in [-0.1, -0.05) is 51.2 Å². The molecule has 0 aliphatic heterocycles. The molecule has 0 aliphatic rings. The van der Waals surface area contributed by atoms with Crippen molar-refractivity contribution >= 4 is 12.2 Å². The SMILES string of the molecule is CCCCCCCCN(C)C(=O)c1ccc(C=O)cc1. The highest BCUT2D eigenvalue weighted by Gasteiger charge is 2.10. The van der Waals surface area contributed by atoms with Crippen LogP contribution >= 0.6 is 0 Å². The van der Waals surface area contributed by atoms with Gasteiger partial charge in [0.1, 0.15) is 6.29 Å². The van der Waals surface area contributed by atoms with Crippen molar-refractivity contribution in [3.05, 3.63) is 35.4 Å². The summed E-state index contributed by atoms with van der Waals surface area (Å²) in [6.07, 6.45) is 8.13. The highest BCUT2D eigenvalue weighted by Crippen LogP contribution is 2.09. The van der Waals surface area contributed by atoms with E-state index in [1.165, 1.54) is 32.1 Å². The molecule has 0 spiro atoms. The van der Waals surface area contributed by atoms with E-state index < -0.39 is 0 Å². The molecule has 3 heteroatoms. The number of unbranched alkanes of at least 4 members (excludes halogenated alkanes) is 5. The van der Waals surface area contributed by atoms with Crippen molar-refractivity contribution in [2.24, 2.45) is 0 Å². The quantitative estimate of drug-likeness (QED) is 0.506. The number of carbonyl (C=O) groups is 2. The van der Waals surface area contributed by atoms with Crippen molar-refractivity contribution in [2.75, 3.05) is 13.6 Å². The monoisotopic (exact) mass is 275 g/mol. The summed E-state index contributed by atoms with van der Waals surface area (Å²) in [4.78, 5) is 24.5. The standard InChI is InChI=1S/C17H25NO2/c1-3-4-5-6-7-8-13-18(2)17(20)16-11-9-15(14-19)10-12-16/h9-12,14H,3-8,13H2,1-2H3. The summed E-state index contributed by atoms with van der Waals surface area (Å²) in [6, 6.07) is 6.78. The molecule has 0 aromatic heterocycles. The maximum atomic E-state index is 12.1. The fourth-order valence-electron chi connectivity index (χ4n) is 2.16. The Labute approximate surface area is 122 Å². The van der Waals surface area contributed by atoms with E-state index in [0.717, 1.165) is 19.3 Å². The molecular formula is C17H25NO2. The van der Waals surface area contributed by atoms with Gasteiger partial charge in [0, 0.05) is 24.7 Å². The third-order valence-corrected chi connectivity index (χ3v) is 3.49. The second-order valence-electron chi connectivity index (χ2n) is 5.23. The van der Waals surface area contributed by atoms with Crippen LogP contribution < -0.4 is 0 Å². The molecule has 0 radical (unpaired) electrons. The second kappa shape index (κ2) is 9.29. The molecule has 1 aromatic carbocycles. The Hall–Kier alpha value is -1.64. The molecule has 0 saturated heterocycles. The fourth-order valence-corrected chi connectivity index (χ4v) is 2.16. The van der Waals surface area contributed by atoms with Crippen molar-refractivity contribution < 1.29 is 9.59 Å². The molecule has 1 rings (SSSR count). The second-order valence-corrected chi connectivity index (χ2v) is 5.23. The zero-order valence-electron chi connectivity index (χ0n) is 12.6. The number of rotatable bonds is 9. The third kappa shape index (κ3) is 5.55. The summed E-state index contributed by atoms with van der Waals surface area (Å²) in [5.74, 6) is 0.0241. The van der Waals surface area contributed by atoms with Crippen LogP contribution in [0.15, 0.2) is 24.3 Å². The van der Waals surface area contributed by atoms with Gasteiger partial charge in [0.2, 0.25) is 0 Å². The molecule has 0 atom stereocenters. The number of amides is 1. The van der Waals surface area contributed by atoms with E-state index in [1.54, 1.807) is 29.2 Å². The lowest BCUT2D eigenvalue weighted by atomic mass is 10.1. The van der Waals surface area contributed by atoms with Gasteiger partial charge in [-0.25, -0.2) is 0 Å². The predicted molar refractivity (Wildman–Crippen MR) is 82.2 cm³/mol. The topological polar surface area (TPSA) is 37.4 Å². The maximum Gasteiger partial charge on any atom is 0.253 e. The Morgan fingerprint density at radius 3 is 2.25 bits per heavy atom. The average molecular weight is 275 g/mol. The molecule has 0 fully saturated rings. The first kappa shape index (κ1) is 16.4. The van der Waals surface area contributed by atoms with Gasteiger partial charge in [-0.3, -0.25) is 9.59 Å². The molecule has 3 nitrogen and oxygen atoms in total. The molecule has 0 bridgehead atoms. The number of carbonyl (C=O) groups excluding carboxylic acids is 2. The molecule has 0 saturated carbocycles. The Bertz CT molecular complexity index is 412. The van der Waals surface area contributed by atoms with E-state index in [4.69, 9.17) is 0 Å². The van der Waals surface area contributed by atoms with Crippen molar-refractivity contribution in [3.63, 3.8) is 0 Å². The summed E-state index contributed by atoms with van der Waals surface area (Å²) in [5.41, 5.74) is 1.24. The van der Waals surface area contributed by atoms with Crippen LogP contribution in [0, 0.1) is 0 Å². The van der Waals surface area contributed by atoms with Crippen LogP contribution in [-0.2, 0) is 0 Å². The third-order valence-electron chi connectivity index (χ3n) is 3.49. The zero-order chi connectivity index (χ0) is 14.8. The minimum atomic E-state index is 0.0241. The summed E-state index contributed by atoms with van der Waals surface area (Å²) < 4.78 is 0. The molecule has 0 N–H and O–H groups in total. The van der Waals surface area contributed by atoms with Crippen molar-refractivity contribution in [1.29, 1.82) is 0 Å². The lowest BCUT2D eigenvalue weighted by Gasteiger charge is -2.17. The van der Waals surface area contributed by atoms with Gasteiger partial charge in [-0.15, -0.1) is 0 Å². The lowest BCUT2D eigenvalue weighted by Crippen LogP contribution is -2.27. The van der Waals surface area contributed by atoms with Crippen molar-refractivity contribution in [2.45, 2.75) is 45.4 Å². The molecule has 20 heavy (non-hydrogen) atoms. The van der Waals surface area contributed by atoms with Crippen LogP contribution in [0.1, 0.15) is 66.2 Å². The van der Waals surface area contributed by atoms with Crippen molar-refractivity contribution in [1.82, 2.24) is 4.90 Å². The average Bonchev–Trinajstić information content (AvgIpc) is 2.50. The maximum absolute atomic E-state index is 12.1. The summed E-state index contributed by atoms with van der Waals surface area (Å²) in [6.45, 7) is 3.00. The van der Waals surface area contributed by atoms with E-state index >= 15 is 0 Å². The van der Waals surface area contributed by atoms with Gasteiger partial charge in [0.15, 0.2) is 0 Å². The lowest BCUT2D eigenvalue weighted by molar-refractivity contribution is 0.0792. The Kier molecular flexibility index (Phi) is 7.63. The molecule has 0 heterocycles. The summed E-state index contributed by atoms with van der Waals surface area (Å²) >= 11 is 0. The Morgan fingerprint density at radius 2 is 1.65 bits per heavy atom. The van der Waals surface area contributed by atoms with Crippen LogP contribution in [0.2, 0.25) is 0 Å². The van der Waals surface area contributed by atoms with Crippen LogP contribution in [0.25, 0.3) is 0 Å². The fraction of sp³-hybridized carbons (Fsp3) is 0.529.